The fourth-order valence-electron chi connectivity index (χ4n) is 6.34. The molecule has 0 unspecified atom stereocenters. The molecule has 0 aliphatic carbocycles. The number of hydrogen-bond donors (Lipinski definition) is 0. The summed E-state index contributed by atoms with van der Waals surface area (Å²) in [6.07, 6.45) is 9.81. The van der Waals surface area contributed by atoms with E-state index in [9.17, 15) is 0 Å². The Morgan fingerprint density at radius 3 is 1.28 bits per heavy atom. The van der Waals surface area contributed by atoms with Gasteiger partial charge in [0.05, 0.1) is 0 Å². The van der Waals surface area contributed by atoms with Gasteiger partial charge in [-0.1, -0.05) is 87.5 Å². The molecule has 0 nitrogen and oxygen atoms in total. The molecule has 226 valence electrons. The summed E-state index contributed by atoms with van der Waals surface area (Å²) >= 11 is 3.57. The van der Waals surface area contributed by atoms with Crippen LogP contribution in [0.4, 0.5) is 0 Å². The van der Waals surface area contributed by atoms with Gasteiger partial charge in [-0.15, -0.1) is 22.7 Å². The smallest absolute Gasteiger partial charge is 0.0407 e. The number of aryl methyl sites for hydroxylation is 2. The van der Waals surface area contributed by atoms with Gasteiger partial charge in [0.2, 0.25) is 0 Å². The van der Waals surface area contributed by atoms with E-state index < -0.39 is 0 Å². The average Bonchev–Trinajstić information content (AvgIpc) is 3.75. The topological polar surface area (TPSA) is 0 Å². The zero-order valence-electron chi connectivity index (χ0n) is 26.7. The van der Waals surface area contributed by atoms with Crippen LogP contribution in [0.3, 0.4) is 0 Å². The lowest BCUT2D eigenvalue weighted by Crippen LogP contribution is -1.91. The summed E-state index contributed by atoms with van der Waals surface area (Å²) in [5.74, 6) is 14.4. The molecule has 0 saturated heterocycles. The van der Waals surface area contributed by atoms with Crippen molar-refractivity contribution in [3.63, 3.8) is 0 Å². The molecule has 2 heterocycles. The van der Waals surface area contributed by atoms with E-state index in [4.69, 9.17) is 0 Å². The average molecular weight is 631 g/mol. The van der Waals surface area contributed by atoms with Crippen LogP contribution in [0.5, 0.6) is 0 Å². The molecule has 0 amide bonds. The minimum atomic E-state index is 1.05. The maximum atomic E-state index is 3.67. The van der Waals surface area contributed by atoms with E-state index in [1.54, 1.807) is 22.7 Å². The van der Waals surface area contributed by atoms with Crippen molar-refractivity contribution in [1.29, 1.82) is 0 Å². The molecule has 2 aromatic heterocycles. The Morgan fingerprint density at radius 2 is 0.870 bits per heavy atom. The van der Waals surface area contributed by atoms with E-state index in [2.05, 4.69) is 133 Å². The van der Waals surface area contributed by atoms with E-state index in [1.807, 2.05) is 0 Å². The Labute approximate surface area is 281 Å². The number of rotatable bonds is 8. The van der Waals surface area contributed by atoms with Crippen molar-refractivity contribution in [2.45, 2.75) is 65.2 Å². The molecular weight excluding hydrogens is 593 g/mol. The van der Waals surface area contributed by atoms with Crippen LogP contribution in [0.2, 0.25) is 0 Å². The van der Waals surface area contributed by atoms with E-state index in [0.29, 0.717) is 0 Å². The third-order valence-corrected chi connectivity index (χ3v) is 10.7. The zero-order chi connectivity index (χ0) is 31.3. The van der Waals surface area contributed by atoms with Gasteiger partial charge in [-0.25, -0.2) is 0 Å². The monoisotopic (exact) mass is 630 g/mol. The van der Waals surface area contributed by atoms with Crippen LogP contribution in [-0.2, 0) is 12.8 Å². The molecule has 5 aromatic carbocycles. The summed E-state index contributed by atoms with van der Waals surface area (Å²) in [6.45, 7) is 4.51. The standard InChI is InChI=1S/C44H38S2/c1-3-5-7-9-31-11-15-33(16-12-31)19-21-37-39-27-35-23-25-46-44(35)30-42(39)38(40-28-36-24-26-45-43(36)29-41(37)40)22-20-34-17-13-32(14-18-34)10-8-6-4-2/h11-18,23-30H,3-10H2,1-2H3. The van der Waals surface area contributed by atoms with Crippen molar-refractivity contribution in [2.75, 3.05) is 0 Å². The van der Waals surface area contributed by atoms with Crippen LogP contribution >= 0.6 is 22.7 Å². The van der Waals surface area contributed by atoms with Crippen LogP contribution in [0.15, 0.2) is 95.7 Å². The molecule has 7 rings (SSSR count). The van der Waals surface area contributed by atoms with E-state index in [1.165, 1.54) is 91.4 Å². The molecule has 2 heteroatoms. The molecule has 0 fully saturated rings. The van der Waals surface area contributed by atoms with Crippen molar-refractivity contribution in [3.05, 3.63) is 129 Å². The van der Waals surface area contributed by atoms with Gasteiger partial charge in [0.15, 0.2) is 0 Å². The molecule has 7 aromatic rings. The van der Waals surface area contributed by atoms with Gasteiger partial charge >= 0.3 is 0 Å². The lowest BCUT2D eigenvalue weighted by Gasteiger charge is -2.12. The predicted molar refractivity (Wildman–Crippen MR) is 204 cm³/mol. The van der Waals surface area contributed by atoms with Crippen molar-refractivity contribution in [1.82, 2.24) is 0 Å². The maximum absolute atomic E-state index is 3.67. The largest absolute Gasteiger partial charge is 0.144 e. The zero-order valence-corrected chi connectivity index (χ0v) is 28.3. The second-order valence-corrected chi connectivity index (χ2v) is 14.2. The lowest BCUT2D eigenvalue weighted by atomic mass is 9.90. The Balaban J connectivity index is 1.38. The van der Waals surface area contributed by atoms with E-state index in [-0.39, 0.29) is 0 Å². The van der Waals surface area contributed by atoms with Gasteiger partial charge in [-0.2, -0.15) is 0 Å². The minimum absolute atomic E-state index is 1.05. The molecular formula is C44H38S2. The molecule has 0 aliphatic rings. The van der Waals surface area contributed by atoms with Crippen LogP contribution in [0.1, 0.15) is 85.8 Å². The van der Waals surface area contributed by atoms with Gasteiger partial charge in [0, 0.05) is 42.4 Å². The summed E-state index contributed by atoms with van der Waals surface area (Å²) in [5, 5.41) is 11.6. The number of thiophene rings is 2. The number of fused-ring (bicyclic) bond motifs is 4. The van der Waals surface area contributed by atoms with Gasteiger partial charge in [0.25, 0.3) is 0 Å². The van der Waals surface area contributed by atoms with Crippen LogP contribution in [0, 0.1) is 23.7 Å². The third-order valence-electron chi connectivity index (χ3n) is 8.97. The SMILES string of the molecule is CCCCCc1ccc(C#Cc2c3cc4ccsc4cc3c(C#Cc3ccc(CCCCC)cc3)c3cc4ccsc4cc23)cc1. The van der Waals surface area contributed by atoms with E-state index >= 15 is 0 Å². The molecule has 0 radical (unpaired) electrons. The van der Waals surface area contributed by atoms with Crippen LogP contribution < -0.4 is 0 Å². The molecule has 0 N–H and O–H groups in total. The Morgan fingerprint density at radius 1 is 0.457 bits per heavy atom. The van der Waals surface area contributed by atoms with Gasteiger partial charge in [-0.3, -0.25) is 0 Å². The fourth-order valence-corrected chi connectivity index (χ4v) is 7.96. The highest BCUT2D eigenvalue weighted by atomic mass is 32.1. The first-order valence-electron chi connectivity index (χ1n) is 16.7. The van der Waals surface area contributed by atoms with E-state index in [0.717, 1.165) is 35.1 Å². The first-order valence-corrected chi connectivity index (χ1v) is 18.5. The van der Waals surface area contributed by atoms with Gasteiger partial charge < -0.3 is 0 Å². The van der Waals surface area contributed by atoms with Crippen LogP contribution in [-0.4, -0.2) is 0 Å². The lowest BCUT2D eigenvalue weighted by molar-refractivity contribution is 0.717. The summed E-state index contributed by atoms with van der Waals surface area (Å²) in [4.78, 5) is 0. The highest BCUT2D eigenvalue weighted by Crippen LogP contribution is 2.39. The van der Waals surface area contributed by atoms with Crippen molar-refractivity contribution in [3.8, 4) is 23.7 Å². The van der Waals surface area contributed by atoms with Gasteiger partial charge in [0.1, 0.15) is 0 Å². The first-order chi connectivity index (χ1) is 22.7. The quantitative estimate of drug-likeness (QED) is 0.0890. The highest BCUT2D eigenvalue weighted by molar-refractivity contribution is 7.17. The fraction of sp³-hybridized carbons (Fsp3) is 0.227. The Kier molecular flexibility index (Phi) is 9.21. The van der Waals surface area contributed by atoms with Crippen LogP contribution in [0.25, 0.3) is 41.7 Å². The number of unbranched alkanes of at least 4 members (excludes halogenated alkanes) is 4. The summed E-state index contributed by atoms with van der Waals surface area (Å²) in [7, 11) is 0. The van der Waals surface area contributed by atoms with Gasteiger partial charge in [-0.05, 0) is 130 Å². The highest BCUT2D eigenvalue weighted by Gasteiger charge is 2.15. The molecule has 0 saturated carbocycles. The third kappa shape index (κ3) is 6.48. The predicted octanol–water partition coefficient (Wildman–Crippen LogP) is 12.7. The van der Waals surface area contributed by atoms with Crippen molar-refractivity contribution in [2.24, 2.45) is 0 Å². The molecule has 46 heavy (non-hydrogen) atoms. The maximum Gasteiger partial charge on any atom is 0.0407 e. The normalized spacial score (nSPS) is 11.2. The Hall–Kier alpha value is -4.34. The molecule has 0 bridgehead atoms. The Bertz CT molecular complexity index is 2020. The molecule has 0 spiro atoms. The van der Waals surface area contributed by atoms with Crippen molar-refractivity contribution >= 4 is 64.4 Å². The summed E-state index contributed by atoms with van der Waals surface area (Å²) in [5.41, 5.74) is 7.06. The molecule has 0 aliphatic heterocycles. The second kappa shape index (κ2) is 14.0. The summed E-state index contributed by atoms with van der Waals surface area (Å²) in [6, 6.07) is 31.5. The number of hydrogen-bond acceptors (Lipinski definition) is 2. The number of benzene rings is 5. The minimum Gasteiger partial charge on any atom is -0.144 e. The van der Waals surface area contributed by atoms with Crippen molar-refractivity contribution < 1.29 is 0 Å². The summed E-state index contributed by atoms with van der Waals surface area (Å²) < 4.78 is 2.56. The first kappa shape index (κ1) is 30.3. The molecule has 0 atom stereocenters. The second-order valence-electron chi connectivity index (χ2n) is 12.3.